The van der Waals surface area contributed by atoms with Gasteiger partial charge in [-0.1, -0.05) is 0 Å². The normalized spacial score (nSPS) is 17.9. The Morgan fingerprint density at radius 3 is 0.680 bits per heavy atom. The van der Waals surface area contributed by atoms with E-state index in [1.165, 1.54) is 20.0 Å². The Kier molecular flexibility index (Phi) is 20.1. The molecule has 0 radical (unpaired) electrons. The average Bonchev–Trinajstić information content (AvgIpc) is 2.04. The molecule has 0 saturated heterocycles. The summed E-state index contributed by atoms with van der Waals surface area (Å²) in [5.41, 5.74) is 0. The van der Waals surface area contributed by atoms with Crippen LogP contribution >= 0.6 is 22.8 Å². The Balaban J connectivity index is -0.000000130. The van der Waals surface area contributed by atoms with Crippen molar-refractivity contribution in [1.82, 2.24) is 0 Å². The summed E-state index contributed by atoms with van der Waals surface area (Å²) < 4.78 is 44.7. The Labute approximate surface area is 162 Å². The van der Waals surface area contributed by atoms with Crippen LogP contribution in [0, 0.1) is 0 Å². The Bertz CT molecular complexity index is 384. The van der Waals surface area contributed by atoms with E-state index in [1.54, 1.807) is 41.5 Å². The molecular formula is C12H33CrO9P3. The van der Waals surface area contributed by atoms with Crippen molar-refractivity contribution in [1.29, 1.82) is 0 Å². The van der Waals surface area contributed by atoms with Crippen molar-refractivity contribution < 1.29 is 59.3 Å². The molecule has 25 heavy (non-hydrogen) atoms. The summed E-state index contributed by atoms with van der Waals surface area (Å²) in [5.74, 6) is 0. The van der Waals surface area contributed by atoms with Gasteiger partial charge in [-0.25, -0.2) is 0 Å². The van der Waals surface area contributed by atoms with Crippen LogP contribution in [0.2, 0.25) is 0 Å². The maximum absolute atomic E-state index is 10.4. The van der Waals surface area contributed by atoms with Gasteiger partial charge in [0, 0.05) is 37.4 Å². The molecule has 0 heterocycles. The van der Waals surface area contributed by atoms with E-state index in [4.69, 9.17) is 14.7 Å². The fourth-order valence-corrected chi connectivity index (χ4v) is 3.52. The second kappa shape index (κ2) is 15.0. The van der Waals surface area contributed by atoms with Gasteiger partial charge in [0.05, 0.1) is 18.3 Å². The number of hydrogen-bond donors (Lipinski definition) is 3. The first kappa shape index (κ1) is 33.6. The van der Waals surface area contributed by atoms with Crippen LogP contribution in [0.4, 0.5) is 0 Å². The molecule has 3 N–H and O–H groups in total. The van der Waals surface area contributed by atoms with Gasteiger partial charge in [0.1, 0.15) is 0 Å². The van der Waals surface area contributed by atoms with Crippen LogP contribution in [-0.4, -0.2) is 53.0 Å². The molecule has 0 bridgehead atoms. The molecule has 0 saturated carbocycles. The Hall–Kier alpha value is 0.982. The van der Waals surface area contributed by atoms with E-state index in [-0.39, 0.29) is 35.7 Å². The van der Waals surface area contributed by atoms with Crippen molar-refractivity contribution in [3.05, 3.63) is 0 Å². The summed E-state index contributed by atoms with van der Waals surface area (Å²) in [4.78, 5) is 25.6. The molecule has 3 unspecified atom stereocenters. The fraction of sp³-hybridized carbons (Fsp3) is 1.00. The van der Waals surface area contributed by atoms with Crippen LogP contribution in [0.3, 0.4) is 0 Å². The van der Waals surface area contributed by atoms with Crippen LogP contribution in [0.5, 0.6) is 0 Å². The summed E-state index contributed by atoms with van der Waals surface area (Å²) in [7, 11) is -9.67. The van der Waals surface area contributed by atoms with Crippen LogP contribution < -0.4 is 0 Å². The quantitative estimate of drug-likeness (QED) is 0.500. The van der Waals surface area contributed by atoms with Gasteiger partial charge in [-0.3, -0.25) is 13.7 Å². The maximum Gasteiger partial charge on any atom is 0.325 e. The Morgan fingerprint density at radius 1 is 0.560 bits per heavy atom. The van der Waals surface area contributed by atoms with Gasteiger partial charge in [0.15, 0.2) is 0 Å². The van der Waals surface area contributed by atoms with E-state index in [9.17, 15) is 13.7 Å². The van der Waals surface area contributed by atoms with Gasteiger partial charge in [-0.15, -0.1) is 0 Å². The predicted molar refractivity (Wildman–Crippen MR) is 95.9 cm³/mol. The minimum Gasteiger partial charge on any atom is -0.324 e. The summed E-state index contributed by atoms with van der Waals surface area (Å²) in [6, 6.07) is 0. The van der Waals surface area contributed by atoms with Crippen LogP contribution in [0.1, 0.15) is 41.5 Å². The van der Waals surface area contributed by atoms with Crippen molar-refractivity contribution in [2.24, 2.45) is 0 Å². The molecule has 0 aliphatic rings. The molecule has 156 valence electrons. The topological polar surface area (TPSA) is 140 Å². The van der Waals surface area contributed by atoms with Gasteiger partial charge in [0.2, 0.25) is 0 Å². The molecule has 0 spiro atoms. The van der Waals surface area contributed by atoms with Crippen molar-refractivity contribution >= 4 is 22.8 Å². The molecular weight excluding hydrogens is 433 g/mol. The summed E-state index contributed by atoms with van der Waals surface area (Å²) in [6.07, 6.45) is -0.512. The van der Waals surface area contributed by atoms with Gasteiger partial charge in [0.25, 0.3) is 0 Å². The second-order valence-corrected chi connectivity index (χ2v) is 11.3. The molecule has 0 rings (SSSR count). The van der Waals surface area contributed by atoms with E-state index < -0.39 is 22.8 Å². The van der Waals surface area contributed by atoms with Crippen molar-refractivity contribution in [2.45, 2.75) is 59.9 Å². The van der Waals surface area contributed by atoms with Crippen molar-refractivity contribution in [3.63, 3.8) is 0 Å². The van der Waals surface area contributed by atoms with Gasteiger partial charge in [-0.2, -0.15) is 0 Å². The van der Waals surface area contributed by atoms with Crippen molar-refractivity contribution in [2.75, 3.05) is 20.0 Å². The summed E-state index contributed by atoms with van der Waals surface area (Å²) >= 11 is 0. The minimum absolute atomic E-state index is 0. The molecule has 0 aliphatic carbocycles. The van der Waals surface area contributed by atoms with Crippen LogP contribution in [0.15, 0.2) is 0 Å². The molecule has 0 aromatic heterocycles. The molecule has 9 nitrogen and oxygen atoms in total. The first-order valence-electron chi connectivity index (χ1n) is 7.21. The molecule has 0 aromatic carbocycles. The molecule has 3 atom stereocenters. The zero-order chi connectivity index (χ0) is 20.4. The molecule has 0 amide bonds. The zero-order valence-corrected chi connectivity index (χ0v) is 20.2. The Morgan fingerprint density at radius 2 is 0.680 bits per heavy atom. The molecule has 0 fully saturated rings. The van der Waals surface area contributed by atoms with Gasteiger partial charge < -0.3 is 28.3 Å². The number of hydrogen-bond acceptors (Lipinski definition) is 6. The van der Waals surface area contributed by atoms with E-state index in [1.807, 2.05) is 0 Å². The predicted octanol–water partition coefficient (Wildman–Crippen LogP) is 3.68. The van der Waals surface area contributed by atoms with E-state index >= 15 is 0 Å². The van der Waals surface area contributed by atoms with E-state index in [0.29, 0.717) is 0 Å². The SMILES string of the molecule is CC(C)OP(C)(=O)O.CC(C)OP(C)(=O)O.CC(C)OP(C)(=O)O.[Cr]. The zero-order valence-electron chi connectivity index (χ0n) is 16.3. The molecule has 0 aliphatic heterocycles. The van der Waals surface area contributed by atoms with E-state index in [0.717, 1.165) is 0 Å². The summed E-state index contributed by atoms with van der Waals surface area (Å²) in [6.45, 7) is 13.8. The smallest absolute Gasteiger partial charge is 0.324 e. The third kappa shape index (κ3) is 51.7. The van der Waals surface area contributed by atoms with Crippen LogP contribution in [0.25, 0.3) is 0 Å². The average molecular weight is 466 g/mol. The summed E-state index contributed by atoms with van der Waals surface area (Å²) in [5, 5.41) is 0. The van der Waals surface area contributed by atoms with Gasteiger partial charge in [-0.05, 0) is 41.5 Å². The largest absolute Gasteiger partial charge is 0.325 e. The monoisotopic (exact) mass is 466 g/mol. The van der Waals surface area contributed by atoms with Crippen molar-refractivity contribution in [3.8, 4) is 0 Å². The third-order valence-corrected chi connectivity index (χ3v) is 3.66. The standard InChI is InChI=1S/3C4H11O3P.Cr/c3*1-4(2)7-8(3,5)6;/h3*4H,1-3H3,(H,5,6);. The maximum atomic E-state index is 10.4. The van der Waals surface area contributed by atoms with Gasteiger partial charge >= 0.3 is 22.8 Å². The fourth-order valence-electron chi connectivity index (χ4n) is 1.17. The first-order chi connectivity index (χ1) is 10.2. The first-order valence-corrected chi connectivity index (χ1v) is 13.3. The third-order valence-electron chi connectivity index (χ3n) is 1.22. The second-order valence-electron chi connectivity index (χ2n) is 5.87. The van der Waals surface area contributed by atoms with Crippen LogP contribution in [-0.2, 0) is 44.6 Å². The molecule has 13 heteroatoms. The molecule has 0 aromatic rings. The number of rotatable bonds is 6. The van der Waals surface area contributed by atoms with E-state index in [2.05, 4.69) is 13.6 Å². The minimum atomic E-state index is -3.22.